The van der Waals surface area contributed by atoms with Crippen molar-refractivity contribution >= 4 is 16.9 Å². The molecule has 0 bridgehead atoms. The summed E-state index contributed by atoms with van der Waals surface area (Å²) in [5.41, 5.74) is 2.35. The Morgan fingerprint density at radius 1 is 0.949 bits per heavy atom. The smallest absolute Gasteiger partial charge is 0.260 e. The zero-order valence-electron chi connectivity index (χ0n) is 22.6. The maximum atomic E-state index is 13.5. The first-order valence-corrected chi connectivity index (χ1v) is 13.3. The number of nitrogens with zero attached hydrogens (tertiary/aromatic N) is 2. The summed E-state index contributed by atoms with van der Waals surface area (Å²) in [6.07, 6.45) is 0. The zero-order valence-corrected chi connectivity index (χ0v) is 22.6. The third kappa shape index (κ3) is 5.99. The topological polar surface area (TPSA) is 83.2 Å². The van der Waals surface area contributed by atoms with E-state index in [1.807, 2.05) is 43.9 Å². The summed E-state index contributed by atoms with van der Waals surface area (Å²) in [6, 6.07) is 22.0. The lowest BCUT2D eigenvalue weighted by Gasteiger charge is -2.34. The van der Waals surface area contributed by atoms with Gasteiger partial charge in [0, 0.05) is 49.9 Å². The van der Waals surface area contributed by atoms with Crippen LogP contribution in [0.5, 0.6) is 11.5 Å². The molecule has 5 rings (SSSR count). The third-order valence-corrected chi connectivity index (χ3v) is 7.08. The van der Waals surface area contributed by atoms with Gasteiger partial charge in [0.05, 0.1) is 5.39 Å². The van der Waals surface area contributed by atoms with Gasteiger partial charge in [-0.05, 0) is 47.4 Å². The van der Waals surface area contributed by atoms with Crippen LogP contribution >= 0.6 is 0 Å². The van der Waals surface area contributed by atoms with Crippen molar-refractivity contribution in [1.29, 1.82) is 0 Å². The molecule has 39 heavy (non-hydrogen) atoms. The number of piperazine rings is 1. The number of benzene rings is 3. The van der Waals surface area contributed by atoms with Crippen LogP contribution in [0, 0.1) is 0 Å². The first-order chi connectivity index (χ1) is 18.7. The van der Waals surface area contributed by atoms with Gasteiger partial charge in [0.25, 0.3) is 5.91 Å². The van der Waals surface area contributed by atoms with Crippen molar-refractivity contribution in [3.05, 3.63) is 94.1 Å². The molecule has 7 heteroatoms. The molecule has 0 spiro atoms. The van der Waals surface area contributed by atoms with E-state index in [4.69, 9.17) is 9.15 Å². The molecular formula is C32H34N2O5. The number of amides is 1. The Balaban J connectivity index is 1.29. The number of fused-ring (bicyclic) bond motifs is 1. The maximum absolute atomic E-state index is 13.5. The highest BCUT2D eigenvalue weighted by Gasteiger charge is 2.27. The summed E-state index contributed by atoms with van der Waals surface area (Å²) in [5.74, 6) is 0.990. The molecule has 0 atom stereocenters. The van der Waals surface area contributed by atoms with Gasteiger partial charge >= 0.3 is 0 Å². The summed E-state index contributed by atoms with van der Waals surface area (Å²) in [6.45, 7) is 9.67. The predicted molar refractivity (Wildman–Crippen MR) is 152 cm³/mol. The number of aromatic hydroxyl groups is 1. The van der Waals surface area contributed by atoms with Crippen molar-refractivity contribution in [1.82, 2.24) is 9.80 Å². The molecular weight excluding hydrogens is 492 g/mol. The second-order valence-electron chi connectivity index (χ2n) is 11.0. The Labute approximate surface area is 228 Å². The normalized spacial score (nSPS) is 14.5. The lowest BCUT2D eigenvalue weighted by atomic mass is 9.84. The summed E-state index contributed by atoms with van der Waals surface area (Å²) < 4.78 is 12.1. The SMILES string of the molecule is CC(C)(C)c1c(-c2ccc(O)cc2)oc2cc(OCC(=O)N3CCN(Cc4ccccc4)CC3)ccc2c1=O. The Morgan fingerprint density at radius 3 is 2.31 bits per heavy atom. The summed E-state index contributed by atoms with van der Waals surface area (Å²) in [4.78, 5) is 30.6. The van der Waals surface area contributed by atoms with Gasteiger partial charge in [-0.15, -0.1) is 0 Å². The number of phenols is 1. The van der Waals surface area contributed by atoms with E-state index in [9.17, 15) is 14.7 Å². The molecule has 7 nitrogen and oxygen atoms in total. The van der Waals surface area contributed by atoms with Crippen LogP contribution in [0.2, 0.25) is 0 Å². The van der Waals surface area contributed by atoms with Crippen LogP contribution in [0.3, 0.4) is 0 Å². The van der Waals surface area contributed by atoms with E-state index in [-0.39, 0.29) is 23.7 Å². The highest BCUT2D eigenvalue weighted by atomic mass is 16.5. The number of hydrogen-bond acceptors (Lipinski definition) is 6. The fourth-order valence-corrected chi connectivity index (χ4v) is 4.99. The molecule has 4 aromatic rings. The Kier molecular flexibility index (Phi) is 7.44. The van der Waals surface area contributed by atoms with Crippen LogP contribution in [-0.2, 0) is 16.8 Å². The molecule has 1 saturated heterocycles. The Hall–Kier alpha value is -4.10. The zero-order chi connectivity index (χ0) is 27.6. The number of ether oxygens (including phenoxy) is 1. The van der Waals surface area contributed by atoms with Crippen LogP contribution in [0.1, 0.15) is 31.9 Å². The van der Waals surface area contributed by atoms with Gasteiger partial charge in [0.15, 0.2) is 12.0 Å². The third-order valence-electron chi connectivity index (χ3n) is 7.08. The minimum absolute atomic E-state index is 0.0660. The number of carbonyl (C=O) groups excluding carboxylic acids is 1. The maximum Gasteiger partial charge on any atom is 0.260 e. The Morgan fingerprint density at radius 2 is 1.64 bits per heavy atom. The molecule has 1 N–H and O–H groups in total. The van der Waals surface area contributed by atoms with Gasteiger partial charge in [0.2, 0.25) is 0 Å². The van der Waals surface area contributed by atoms with Gasteiger partial charge in [-0.2, -0.15) is 0 Å². The van der Waals surface area contributed by atoms with Gasteiger partial charge in [-0.25, -0.2) is 0 Å². The quantitative estimate of drug-likeness (QED) is 0.373. The Bertz CT molecular complexity index is 1510. The average molecular weight is 527 g/mol. The molecule has 0 aliphatic carbocycles. The van der Waals surface area contributed by atoms with E-state index >= 15 is 0 Å². The second-order valence-corrected chi connectivity index (χ2v) is 11.0. The number of carbonyl (C=O) groups is 1. The van der Waals surface area contributed by atoms with Crippen molar-refractivity contribution in [2.24, 2.45) is 0 Å². The van der Waals surface area contributed by atoms with Crippen LogP contribution < -0.4 is 10.2 Å². The number of rotatable bonds is 6. The van der Waals surface area contributed by atoms with Gasteiger partial charge in [-0.1, -0.05) is 51.1 Å². The van der Waals surface area contributed by atoms with Gasteiger partial charge in [0.1, 0.15) is 22.8 Å². The van der Waals surface area contributed by atoms with Crippen LogP contribution in [0.25, 0.3) is 22.3 Å². The van der Waals surface area contributed by atoms with Crippen molar-refractivity contribution in [3.8, 4) is 22.8 Å². The monoisotopic (exact) mass is 526 g/mol. The van der Waals surface area contributed by atoms with Crippen molar-refractivity contribution < 1.29 is 19.1 Å². The van der Waals surface area contributed by atoms with E-state index in [0.717, 1.165) is 19.6 Å². The molecule has 2 heterocycles. The molecule has 202 valence electrons. The minimum atomic E-state index is -0.464. The first kappa shape index (κ1) is 26.5. The lowest BCUT2D eigenvalue weighted by molar-refractivity contribution is -0.135. The van der Waals surface area contributed by atoms with Crippen LogP contribution in [-0.4, -0.2) is 53.6 Å². The summed E-state index contributed by atoms with van der Waals surface area (Å²) >= 11 is 0. The van der Waals surface area contributed by atoms with Crippen LogP contribution in [0.4, 0.5) is 0 Å². The highest BCUT2D eigenvalue weighted by molar-refractivity contribution is 5.83. The van der Waals surface area contributed by atoms with Crippen molar-refractivity contribution in [2.45, 2.75) is 32.7 Å². The molecule has 3 aromatic carbocycles. The van der Waals surface area contributed by atoms with E-state index in [1.54, 1.807) is 42.5 Å². The fourth-order valence-electron chi connectivity index (χ4n) is 4.99. The first-order valence-electron chi connectivity index (χ1n) is 13.3. The largest absolute Gasteiger partial charge is 0.508 e. The van der Waals surface area contributed by atoms with Gasteiger partial charge in [-0.3, -0.25) is 14.5 Å². The molecule has 0 unspecified atom stereocenters. The summed E-state index contributed by atoms with van der Waals surface area (Å²) in [7, 11) is 0. The van der Waals surface area contributed by atoms with Crippen LogP contribution in [0.15, 0.2) is 82.0 Å². The lowest BCUT2D eigenvalue weighted by Crippen LogP contribution is -2.49. The molecule has 0 radical (unpaired) electrons. The number of hydrogen-bond donors (Lipinski definition) is 1. The fraction of sp³-hybridized carbons (Fsp3) is 0.312. The standard InChI is InChI=1S/C32H34N2O5/c1-32(2,3)29-30(37)26-14-13-25(19-27(26)39-31(29)23-9-11-24(35)12-10-23)38-21-28(36)34-17-15-33(16-18-34)20-22-7-5-4-6-8-22/h4-14,19,35H,15-18,20-21H2,1-3H3. The van der Waals surface area contributed by atoms with Gasteiger partial charge < -0.3 is 19.2 Å². The summed E-state index contributed by atoms with van der Waals surface area (Å²) in [5, 5.41) is 10.2. The number of phenolic OH excluding ortho intramolecular Hbond substituents is 1. The van der Waals surface area contributed by atoms with E-state index in [0.29, 0.717) is 46.7 Å². The highest BCUT2D eigenvalue weighted by Crippen LogP contribution is 2.34. The molecule has 1 amide bonds. The molecule has 1 fully saturated rings. The minimum Gasteiger partial charge on any atom is -0.508 e. The molecule has 0 saturated carbocycles. The van der Waals surface area contributed by atoms with Crippen molar-refractivity contribution in [3.63, 3.8) is 0 Å². The molecule has 1 aliphatic rings. The average Bonchev–Trinajstić information content (AvgIpc) is 2.92. The molecule has 1 aliphatic heterocycles. The van der Waals surface area contributed by atoms with Crippen molar-refractivity contribution in [2.75, 3.05) is 32.8 Å². The van der Waals surface area contributed by atoms with E-state index < -0.39 is 5.41 Å². The second kappa shape index (κ2) is 10.9. The van der Waals surface area contributed by atoms with E-state index in [2.05, 4.69) is 17.0 Å². The van der Waals surface area contributed by atoms with E-state index in [1.165, 1.54) is 5.56 Å². The molecule has 1 aromatic heterocycles. The predicted octanol–water partition coefficient (Wildman–Crippen LogP) is 5.19.